The molecule has 2 N–H and O–H groups in total. The Morgan fingerprint density at radius 3 is 2.55 bits per heavy atom. The first-order chi connectivity index (χ1) is 10.7. The number of hydrogen-bond acceptors (Lipinski definition) is 3. The van der Waals surface area contributed by atoms with Crippen LogP contribution in [0.15, 0.2) is 48.7 Å². The van der Waals surface area contributed by atoms with E-state index in [4.69, 9.17) is 5.73 Å². The number of benzene rings is 1. The van der Waals surface area contributed by atoms with E-state index in [0.717, 1.165) is 38.2 Å². The zero-order valence-electron chi connectivity index (χ0n) is 12.6. The van der Waals surface area contributed by atoms with Crippen LogP contribution in [0.25, 0.3) is 0 Å². The lowest BCUT2D eigenvalue weighted by atomic mass is 9.90. The summed E-state index contributed by atoms with van der Waals surface area (Å²) in [5, 5.41) is 0. The molecule has 1 aliphatic heterocycles. The van der Waals surface area contributed by atoms with E-state index in [0.29, 0.717) is 11.5 Å². The van der Waals surface area contributed by atoms with Gasteiger partial charge in [-0.05, 0) is 42.9 Å². The number of pyridine rings is 1. The van der Waals surface area contributed by atoms with Crippen molar-refractivity contribution in [2.45, 2.75) is 19.3 Å². The molecule has 0 saturated carbocycles. The van der Waals surface area contributed by atoms with E-state index in [-0.39, 0.29) is 0 Å². The van der Waals surface area contributed by atoms with Crippen molar-refractivity contribution in [3.63, 3.8) is 0 Å². The average Bonchev–Trinajstić information content (AvgIpc) is 2.56. The molecule has 0 unspecified atom stereocenters. The number of anilines is 1. The fourth-order valence-electron chi connectivity index (χ4n) is 3.14. The van der Waals surface area contributed by atoms with Gasteiger partial charge in [0.25, 0.3) is 5.91 Å². The molecule has 1 fully saturated rings. The molecule has 114 valence electrons. The van der Waals surface area contributed by atoms with Gasteiger partial charge >= 0.3 is 0 Å². The second kappa shape index (κ2) is 6.60. The van der Waals surface area contributed by atoms with Crippen LogP contribution in [0, 0.1) is 5.92 Å². The summed E-state index contributed by atoms with van der Waals surface area (Å²) in [5.74, 6) is 1.02. The topological polar surface area (TPSA) is 59.2 Å². The average molecular weight is 295 g/mol. The number of primary amides is 1. The third-order valence-electron chi connectivity index (χ3n) is 4.33. The first-order valence-electron chi connectivity index (χ1n) is 7.77. The number of carbonyl (C=O) groups excluding carboxylic acids is 1. The third kappa shape index (κ3) is 3.27. The standard InChI is InChI=1S/C18H21N3O/c19-17(22)16-7-4-10-20-18(16)21-11-8-15(9-12-21)13-14-5-2-1-3-6-14/h1-7,10,15H,8-9,11-13H2,(H2,19,22). The van der Waals surface area contributed by atoms with Gasteiger partial charge in [0.2, 0.25) is 0 Å². The monoisotopic (exact) mass is 295 g/mol. The molecular formula is C18H21N3O. The predicted molar refractivity (Wildman–Crippen MR) is 87.8 cm³/mol. The van der Waals surface area contributed by atoms with Gasteiger partial charge in [-0.1, -0.05) is 30.3 Å². The van der Waals surface area contributed by atoms with Gasteiger partial charge in [-0.25, -0.2) is 4.98 Å². The molecule has 4 heteroatoms. The molecule has 1 saturated heterocycles. The minimum Gasteiger partial charge on any atom is -0.365 e. The van der Waals surface area contributed by atoms with Crippen molar-refractivity contribution >= 4 is 11.7 Å². The maximum absolute atomic E-state index is 11.5. The lowest BCUT2D eigenvalue weighted by Gasteiger charge is -2.33. The van der Waals surface area contributed by atoms with Crippen LogP contribution in [0.4, 0.5) is 5.82 Å². The quantitative estimate of drug-likeness (QED) is 0.943. The van der Waals surface area contributed by atoms with E-state index in [1.165, 1.54) is 5.56 Å². The minimum absolute atomic E-state index is 0.408. The molecule has 3 rings (SSSR count). The molecule has 2 heterocycles. The second-order valence-electron chi connectivity index (χ2n) is 5.86. The summed E-state index contributed by atoms with van der Waals surface area (Å²) in [6.45, 7) is 1.85. The van der Waals surface area contributed by atoms with Crippen LogP contribution < -0.4 is 10.6 Å². The Hall–Kier alpha value is -2.36. The summed E-state index contributed by atoms with van der Waals surface area (Å²) in [7, 11) is 0. The van der Waals surface area contributed by atoms with Crippen molar-refractivity contribution in [2.75, 3.05) is 18.0 Å². The lowest BCUT2D eigenvalue weighted by Crippen LogP contribution is -2.36. The van der Waals surface area contributed by atoms with Gasteiger partial charge < -0.3 is 10.6 Å². The van der Waals surface area contributed by atoms with Crippen LogP contribution in [0.5, 0.6) is 0 Å². The number of amides is 1. The zero-order valence-corrected chi connectivity index (χ0v) is 12.6. The van der Waals surface area contributed by atoms with Crippen LogP contribution in [-0.4, -0.2) is 24.0 Å². The van der Waals surface area contributed by atoms with Crippen LogP contribution in [0.3, 0.4) is 0 Å². The van der Waals surface area contributed by atoms with E-state index in [2.05, 4.69) is 40.2 Å². The van der Waals surface area contributed by atoms with Crippen molar-refractivity contribution < 1.29 is 4.79 Å². The molecule has 1 aromatic heterocycles. The number of hydrogen-bond donors (Lipinski definition) is 1. The third-order valence-corrected chi connectivity index (χ3v) is 4.33. The van der Waals surface area contributed by atoms with Gasteiger partial charge in [0, 0.05) is 19.3 Å². The molecule has 0 atom stereocenters. The van der Waals surface area contributed by atoms with Gasteiger partial charge in [0.05, 0.1) is 5.56 Å². The highest BCUT2D eigenvalue weighted by molar-refractivity contribution is 5.97. The molecule has 1 aromatic carbocycles. The molecule has 2 aromatic rings. The van der Waals surface area contributed by atoms with E-state index in [1.807, 2.05) is 0 Å². The zero-order chi connectivity index (χ0) is 15.4. The molecule has 1 amide bonds. The summed E-state index contributed by atoms with van der Waals surface area (Å²) < 4.78 is 0. The van der Waals surface area contributed by atoms with Crippen LogP contribution in [0.1, 0.15) is 28.8 Å². The number of rotatable bonds is 4. The van der Waals surface area contributed by atoms with Gasteiger partial charge in [-0.2, -0.15) is 0 Å². The van der Waals surface area contributed by atoms with Crippen LogP contribution >= 0.6 is 0 Å². The Labute approximate surface area is 131 Å². The van der Waals surface area contributed by atoms with E-state index in [1.54, 1.807) is 18.3 Å². The van der Waals surface area contributed by atoms with Crippen molar-refractivity contribution in [3.05, 3.63) is 59.8 Å². The lowest BCUT2D eigenvalue weighted by molar-refractivity contribution is 0.100. The maximum Gasteiger partial charge on any atom is 0.252 e. The molecule has 0 aliphatic carbocycles. The highest BCUT2D eigenvalue weighted by Gasteiger charge is 2.23. The summed E-state index contributed by atoms with van der Waals surface area (Å²) in [6, 6.07) is 14.1. The fraction of sp³-hybridized carbons (Fsp3) is 0.333. The Balaban J connectivity index is 1.64. The Morgan fingerprint density at radius 2 is 1.86 bits per heavy atom. The van der Waals surface area contributed by atoms with E-state index >= 15 is 0 Å². The highest BCUT2D eigenvalue weighted by Crippen LogP contribution is 2.26. The molecule has 4 nitrogen and oxygen atoms in total. The molecule has 0 radical (unpaired) electrons. The first kappa shape index (κ1) is 14.6. The van der Waals surface area contributed by atoms with Gasteiger partial charge in [-0.15, -0.1) is 0 Å². The Kier molecular flexibility index (Phi) is 4.37. The molecule has 1 aliphatic rings. The number of nitrogens with two attached hydrogens (primary N) is 1. The molecular weight excluding hydrogens is 274 g/mol. The normalized spacial score (nSPS) is 15.7. The molecule has 0 spiro atoms. The number of nitrogens with zero attached hydrogens (tertiary/aromatic N) is 2. The van der Waals surface area contributed by atoms with Crippen molar-refractivity contribution in [1.82, 2.24) is 4.98 Å². The summed E-state index contributed by atoms with van der Waals surface area (Å²) in [4.78, 5) is 18.1. The number of carbonyl (C=O) groups is 1. The summed E-state index contributed by atoms with van der Waals surface area (Å²) in [6.07, 6.45) is 5.07. The van der Waals surface area contributed by atoms with Crippen molar-refractivity contribution in [1.29, 1.82) is 0 Å². The van der Waals surface area contributed by atoms with Crippen LogP contribution in [0.2, 0.25) is 0 Å². The number of piperidine rings is 1. The first-order valence-corrected chi connectivity index (χ1v) is 7.77. The smallest absolute Gasteiger partial charge is 0.252 e. The fourth-order valence-corrected chi connectivity index (χ4v) is 3.14. The largest absolute Gasteiger partial charge is 0.365 e. The van der Waals surface area contributed by atoms with Crippen molar-refractivity contribution in [2.24, 2.45) is 11.7 Å². The van der Waals surface area contributed by atoms with E-state index < -0.39 is 5.91 Å². The van der Waals surface area contributed by atoms with Gasteiger partial charge in [0.1, 0.15) is 5.82 Å². The van der Waals surface area contributed by atoms with E-state index in [9.17, 15) is 4.79 Å². The molecule has 0 bridgehead atoms. The SMILES string of the molecule is NC(=O)c1cccnc1N1CCC(Cc2ccccc2)CC1. The van der Waals surface area contributed by atoms with Crippen molar-refractivity contribution in [3.8, 4) is 0 Å². The predicted octanol–water partition coefficient (Wildman–Crippen LogP) is 2.64. The highest BCUT2D eigenvalue weighted by atomic mass is 16.1. The van der Waals surface area contributed by atoms with Crippen LogP contribution in [-0.2, 0) is 6.42 Å². The summed E-state index contributed by atoms with van der Waals surface area (Å²) >= 11 is 0. The maximum atomic E-state index is 11.5. The second-order valence-corrected chi connectivity index (χ2v) is 5.86. The van der Waals surface area contributed by atoms with Gasteiger partial charge in [0.15, 0.2) is 0 Å². The Morgan fingerprint density at radius 1 is 1.14 bits per heavy atom. The van der Waals surface area contributed by atoms with Gasteiger partial charge in [-0.3, -0.25) is 4.79 Å². The number of aromatic nitrogens is 1. The molecule has 22 heavy (non-hydrogen) atoms. The minimum atomic E-state index is -0.408. The summed E-state index contributed by atoms with van der Waals surface area (Å²) in [5.41, 5.74) is 7.36. The Bertz CT molecular complexity index is 634.